The highest BCUT2D eigenvalue weighted by Crippen LogP contribution is 2.36. The summed E-state index contributed by atoms with van der Waals surface area (Å²) in [5, 5.41) is 3.77. The summed E-state index contributed by atoms with van der Waals surface area (Å²) in [5.74, 6) is 0.677. The molecule has 0 aliphatic heterocycles. The summed E-state index contributed by atoms with van der Waals surface area (Å²) in [6.45, 7) is 3.67. The fourth-order valence-corrected chi connectivity index (χ4v) is 3.82. The van der Waals surface area contributed by atoms with Crippen molar-refractivity contribution in [3.63, 3.8) is 0 Å². The van der Waals surface area contributed by atoms with E-state index in [1.807, 2.05) is 54.8 Å². The number of nitrogens with zero attached hydrogens (tertiary/aromatic N) is 1. The second-order valence-corrected chi connectivity index (χ2v) is 6.95. The van der Waals surface area contributed by atoms with Crippen molar-refractivity contribution in [2.75, 3.05) is 7.11 Å². The Morgan fingerprint density at radius 3 is 2.54 bits per heavy atom. The van der Waals surface area contributed by atoms with Crippen molar-refractivity contribution >= 4 is 22.3 Å². The van der Waals surface area contributed by atoms with Crippen molar-refractivity contribution in [2.24, 2.45) is 0 Å². The molecule has 0 fully saturated rings. The average molecular weight is 363 g/mol. The minimum absolute atomic E-state index is 0.322. The van der Waals surface area contributed by atoms with E-state index in [1.54, 1.807) is 25.4 Å². The van der Waals surface area contributed by atoms with E-state index in [-0.39, 0.29) is 5.63 Å². The highest BCUT2D eigenvalue weighted by Gasteiger charge is 2.16. The van der Waals surface area contributed by atoms with Crippen molar-refractivity contribution in [3.8, 4) is 27.6 Å². The van der Waals surface area contributed by atoms with Gasteiger partial charge in [0, 0.05) is 22.1 Å². The van der Waals surface area contributed by atoms with Crippen molar-refractivity contribution in [1.29, 1.82) is 0 Å². The number of hydrogen-bond acceptors (Lipinski definition) is 5. The standard InChI is InChI=1S/C21H17NO3S/c1-12-13(2)21(23)25-18-10-15(9-17(24-3)19(12)18)16-11-26-20(22-16)14-7-5-4-6-8-14/h4-11H,1-3H3. The highest BCUT2D eigenvalue weighted by molar-refractivity contribution is 7.13. The largest absolute Gasteiger partial charge is 0.496 e. The third-order valence-corrected chi connectivity index (χ3v) is 5.44. The molecule has 0 aliphatic rings. The third-order valence-electron chi connectivity index (χ3n) is 4.55. The van der Waals surface area contributed by atoms with Crippen LogP contribution in [0.2, 0.25) is 0 Å². The number of fused-ring (bicyclic) bond motifs is 1. The molecule has 0 radical (unpaired) electrons. The lowest BCUT2D eigenvalue weighted by Gasteiger charge is -2.11. The van der Waals surface area contributed by atoms with Crippen LogP contribution in [-0.4, -0.2) is 12.1 Å². The Bertz CT molecular complexity index is 1160. The van der Waals surface area contributed by atoms with E-state index in [1.165, 1.54) is 0 Å². The Morgan fingerprint density at radius 1 is 1.04 bits per heavy atom. The number of hydrogen-bond donors (Lipinski definition) is 0. The number of thiazole rings is 1. The zero-order valence-corrected chi connectivity index (χ0v) is 15.5. The van der Waals surface area contributed by atoms with E-state index >= 15 is 0 Å². The Labute approximate surface area is 154 Å². The molecule has 5 heteroatoms. The molecule has 0 spiro atoms. The van der Waals surface area contributed by atoms with Gasteiger partial charge in [-0.25, -0.2) is 9.78 Å². The first-order chi connectivity index (χ1) is 12.6. The number of aryl methyl sites for hydroxylation is 1. The van der Waals surface area contributed by atoms with Crippen LogP contribution in [0.25, 0.3) is 32.8 Å². The fourth-order valence-electron chi connectivity index (χ4n) is 2.99. The van der Waals surface area contributed by atoms with Crippen LogP contribution >= 0.6 is 11.3 Å². The molecule has 130 valence electrons. The maximum Gasteiger partial charge on any atom is 0.339 e. The molecule has 0 atom stereocenters. The molecule has 2 aromatic heterocycles. The van der Waals surface area contributed by atoms with Gasteiger partial charge >= 0.3 is 5.63 Å². The van der Waals surface area contributed by atoms with E-state index in [4.69, 9.17) is 14.1 Å². The predicted molar refractivity (Wildman–Crippen MR) is 105 cm³/mol. The SMILES string of the molecule is COc1cc(-c2csc(-c3ccccc3)n2)cc2oc(=O)c(C)c(C)c12. The molecule has 0 saturated carbocycles. The second kappa shape index (κ2) is 6.42. The minimum Gasteiger partial charge on any atom is -0.496 e. The summed E-state index contributed by atoms with van der Waals surface area (Å²) in [7, 11) is 1.62. The van der Waals surface area contributed by atoms with Crippen LogP contribution in [0.1, 0.15) is 11.1 Å². The van der Waals surface area contributed by atoms with Gasteiger partial charge in [-0.2, -0.15) is 0 Å². The molecular weight excluding hydrogens is 346 g/mol. The number of rotatable bonds is 3. The van der Waals surface area contributed by atoms with Crippen LogP contribution in [-0.2, 0) is 0 Å². The Kier molecular flexibility index (Phi) is 4.09. The van der Waals surface area contributed by atoms with Gasteiger partial charge in [0.1, 0.15) is 16.3 Å². The van der Waals surface area contributed by atoms with Gasteiger partial charge in [0.15, 0.2) is 0 Å². The molecule has 26 heavy (non-hydrogen) atoms. The van der Waals surface area contributed by atoms with Crippen LogP contribution in [0, 0.1) is 13.8 Å². The van der Waals surface area contributed by atoms with E-state index in [9.17, 15) is 4.79 Å². The molecule has 0 bridgehead atoms. The zero-order valence-electron chi connectivity index (χ0n) is 14.7. The minimum atomic E-state index is -0.322. The summed E-state index contributed by atoms with van der Waals surface area (Å²) in [6.07, 6.45) is 0. The summed E-state index contributed by atoms with van der Waals surface area (Å²) >= 11 is 1.58. The van der Waals surface area contributed by atoms with Gasteiger partial charge in [0.05, 0.1) is 18.2 Å². The summed E-state index contributed by atoms with van der Waals surface area (Å²) in [6, 6.07) is 13.8. The van der Waals surface area contributed by atoms with E-state index in [0.29, 0.717) is 16.9 Å². The van der Waals surface area contributed by atoms with Crippen molar-refractivity contribution in [3.05, 3.63) is 69.4 Å². The number of aromatic nitrogens is 1. The lowest BCUT2D eigenvalue weighted by Crippen LogP contribution is -2.06. The average Bonchev–Trinajstić information content (AvgIpc) is 3.16. The molecule has 0 aliphatic carbocycles. The lowest BCUT2D eigenvalue weighted by atomic mass is 10.0. The molecule has 0 amide bonds. The number of ether oxygens (including phenoxy) is 1. The van der Waals surface area contributed by atoms with Crippen molar-refractivity contribution in [1.82, 2.24) is 4.98 Å². The van der Waals surface area contributed by atoms with E-state index < -0.39 is 0 Å². The first-order valence-electron chi connectivity index (χ1n) is 8.22. The van der Waals surface area contributed by atoms with Crippen molar-refractivity contribution < 1.29 is 9.15 Å². The van der Waals surface area contributed by atoms with Crippen LogP contribution in [0.15, 0.2) is 57.1 Å². The topological polar surface area (TPSA) is 52.3 Å². The van der Waals surface area contributed by atoms with Gasteiger partial charge in [-0.1, -0.05) is 30.3 Å². The van der Waals surface area contributed by atoms with Crippen LogP contribution < -0.4 is 10.4 Å². The predicted octanol–water partition coefficient (Wildman–Crippen LogP) is 5.21. The highest BCUT2D eigenvalue weighted by atomic mass is 32.1. The molecule has 0 unspecified atom stereocenters. The molecule has 2 aromatic carbocycles. The molecule has 4 nitrogen and oxygen atoms in total. The van der Waals surface area contributed by atoms with Gasteiger partial charge < -0.3 is 9.15 Å². The second-order valence-electron chi connectivity index (χ2n) is 6.10. The summed E-state index contributed by atoms with van der Waals surface area (Å²) < 4.78 is 11.1. The fraction of sp³-hybridized carbons (Fsp3) is 0.143. The van der Waals surface area contributed by atoms with Gasteiger partial charge in [0.2, 0.25) is 0 Å². The van der Waals surface area contributed by atoms with E-state index in [2.05, 4.69) is 0 Å². The maximum absolute atomic E-state index is 12.1. The third kappa shape index (κ3) is 2.70. The van der Waals surface area contributed by atoms with Gasteiger partial charge in [0.25, 0.3) is 0 Å². The molecular formula is C21H17NO3S. The molecule has 0 saturated heterocycles. The molecule has 2 heterocycles. The van der Waals surface area contributed by atoms with E-state index in [0.717, 1.165) is 32.8 Å². The summed E-state index contributed by atoms with van der Waals surface area (Å²) in [4.78, 5) is 16.8. The molecule has 4 rings (SSSR count). The molecule has 0 N–H and O–H groups in total. The zero-order chi connectivity index (χ0) is 18.3. The van der Waals surface area contributed by atoms with Crippen LogP contribution in [0.4, 0.5) is 0 Å². The van der Waals surface area contributed by atoms with Crippen molar-refractivity contribution in [2.45, 2.75) is 13.8 Å². The quantitative estimate of drug-likeness (QED) is 0.469. The monoisotopic (exact) mass is 363 g/mol. The van der Waals surface area contributed by atoms with Crippen LogP contribution in [0.3, 0.4) is 0 Å². The number of methoxy groups -OCH3 is 1. The van der Waals surface area contributed by atoms with Gasteiger partial charge in [-0.05, 0) is 31.5 Å². The molecule has 4 aromatic rings. The Hall–Kier alpha value is -2.92. The lowest BCUT2D eigenvalue weighted by molar-refractivity contribution is 0.418. The Morgan fingerprint density at radius 2 is 1.81 bits per heavy atom. The first-order valence-corrected chi connectivity index (χ1v) is 9.10. The smallest absolute Gasteiger partial charge is 0.339 e. The normalized spacial score (nSPS) is 11.0. The van der Waals surface area contributed by atoms with Gasteiger partial charge in [-0.15, -0.1) is 11.3 Å². The number of benzene rings is 2. The van der Waals surface area contributed by atoms with Crippen LogP contribution in [0.5, 0.6) is 5.75 Å². The summed E-state index contributed by atoms with van der Waals surface area (Å²) in [5.41, 5.74) is 4.44. The Balaban J connectivity index is 1.89. The maximum atomic E-state index is 12.1. The van der Waals surface area contributed by atoms with Gasteiger partial charge in [-0.3, -0.25) is 0 Å². The first kappa shape index (κ1) is 16.5.